The van der Waals surface area contributed by atoms with Crippen molar-refractivity contribution >= 4 is 5.82 Å². The number of hydrogen-bond donors (Lipinski definition) is 1. The molecule has 1 aromatic rings. The molecule has 2 heterocycles. The van der Waals surface area contributed by atoms with Crippen LogP contribution in [0.25, 0.3) is 0 Å². The molecule has 118 valence electrons. The van der Waals surface area contributed by atoms with Gasteiger partial charge in [-0.15, -0.1) is 0 Å². The van der Waals surface area contributed by atoms with Crippen molar-refractivity contribution in [3.05, 3.63) is 24.4 Å². The molecule has 1 aromatic heterocycles. The normalized spacial score (nSPS) is 18.2. The van der Waals surface area contributed by atoms with Gasteiger partial charge in [-0.2, -0.15) is 0 Å². The standard InChI is InChI=1S/C17H30N4/c1-15(2)14-18-9-7-16(3)20-10-12-21(13-11-20)17-6-4-5-8-19-17/h4-6,8,15-16,18H,7,9-14H2,1-3H3. The second-order valence-corrected chi connectivity index (χ2v) is 6.45. The molecule has 1 fully saturated rings. The molecule has 21 heavy (non-hydrogen) atoms. The van der Waals surface area contributed by atoms with E-state index in [1.165, 1.54) is 6.42 Å². The molecule has 1 aliphatic heterocycles. The van der Waals surface area contributed by atoms with Gasteiger partial charge in [-0.3, -0.25) is 4.90 Å². The smallest absolute Gasteiger partial charge is 0.128 e. The average Bonchev–Trinajstić information content (AvgIpc) is 2.52. The van der Waals surface area contributed by atoms with Crippen LogP contribution in [0.4, 0.5) is 5.82 Å². The van der Waals surface area contributed by atoms with E-state index in [2.05, 4.69) is 53.0 Å². The largest absolute Gasteiger partial charge is 0.354 e. The summed E-state index contributed by atoms with van der Waals surface area (Å²) in [6.07, 6.45) is 3.11. The lowest BCUT2D eigenvalue weighted by molar-refractivity contribution is 0.187. The molecule has 0 amide bonds. The van der Waals surface area contributed by atoms with Crippen LogP contribution in [-0.4, -0.2) is 55.2 Å². The predicted molar refractivity (Wildman–Crippen MR) is 89.8 cm³/mol. The Labute approximate surface area is 129 Å². The third-order valence-corrected chi connectivity index (χ3v) is 4.20. The highest BCUT2D eigenvalue weighted by molar-refractivity contribution is 5.38. The summed E-state index contributed by atoms with van der Waals surface area (Å²) in [5.74, 6) is 1.85. The van der Waals surface area contributed by atoms with Gasteiger partial charge < -0.3 is 10.2 Å². The Bertz CT molecular complexity index is 385. The summed E-state index contributed by atoms with van der Waals surface area (Å²) in [5, 5.41) is 3.54. The summed E-state index contributed by atoms with van der Waals surface area (Å²) >= 11 is 0. The molecule has 1 atom stereocenters. The molecule has 0 bridgehead atoms. The highest BCUT2D eigenvalue weighted by Crippen LogP contribution is 2.14. The second kappa shape index (κ2) is 8.35. The zero-order valence-electron chi connectivity index (χ0n) is 13.8. The maximum Gasteiger partial charge on any atom is 0.128 e. The molecular weight excluding hydrogens is 260 g/mol. The zero-order chi connectivity index (χ0) is 15.1. The van der Waals surface area contributed by atoms with Crippen molar-refractivity contribution in [3.63, 3.8) is 0 Å². The summed E-state index contributed by atoms with van der Waals surface area (Å²) in [7, 11) is 0. The quantitative estimate of drug-likeness (QED) is 0.780. The monoisotopic (exact) mass is 290 g/mol. The van der Waals surface area contributed by atoms with Crippen molar-refractivity contribution in [1.29, 1.82) is 0 Å². The summed E-state index contributed by atoms with van der Waals surface area (Å²) < 4.78 is 0. The van der Waals surface area contributed by atoms with Crippen LogP contribution in [0.5, 0.6) is 0 Å². The maximum atomic E-state index is 4.45. The van der Waals surface area contributed by atoms with Crippen molar-refractivity contribution in [2.75, 3.05) is 44.2 Å². The first-order valence-corrected chi connectivity index (χ1v) is 8.27. The summed E-state index contributed by atoms with van der Waals surface area (Å²) in [5.41, 5.74) is 0. The number of piperazine rings is 1. The van der Waals surface area contributed by atoms with Gasteiger partial charge in [0.15, 0.2) is 0 Å². The first kappa shape index (κ1) is 16.2. The van der Waals surface area contributed by atoms with Crippen molar-refractivity contribution in [2.45, 2.75) is 33.2 Å². The first-order chi connectivity index (χ1) is 10.2. The zero-order valence-corrected chi connectivity index (χ0v) is 13.8. The minimum absolute atomic E-state index is 0.663. The molecule has 0 aliphatic carbocycles. The summed E-state index contributed by atoms with van der Waals surface area (Å²) in [4.78, 5) is 9.44. The molecule has 4 nitrogen and oxygen atoms in total. The Kier molecular flexibility index (Phi) is 6.46. The molecule has 2 rings (SSSR count). The molecule has 0 saturated carbocycles. The highest BCUT2D eigenvalue weighted by Gasteiger charge is 2.21. The average molecular weight is 290 g/mol. The first-order valence-electron chi connectivity index (χ1n) is 8.27. The van der Waals surface area contributed by atoms with Crippen LogP contribution in [0, 0.1) is 5.92 Å². The van der Waals surface area contributed by atoms with Crippen LogP contribution in [0.1, 0.15) is 27.2 Å². The van der Waals surface area contributed by atoms with E-state index in [0.717, 1.165) is 51.0 Å². The molecule has 0 radical (unpaired) electrons. The van der Waals surface area contributed by atoms with Gasteiger partial charge in [0.2, 0.25) is 0 Å². The predicted octanol–water partition coefficient (Wildman–Crippen LogP) is 2.23. The van der Waals surface area contributed by atoms with E-state index in [1.807, 2.05) is 12.3 Å². The van der Waals surface area contributed by atoms with Gasteiger partial charge in [0.25, 0.3) is 0 Å². The van der Waals surface area contributed by atoms with Gasteiger partial charge in [-0.1, -0.05) is 19.9 Å². The lowest BCUT2D eigenvalue weighted by Crippen LogP contribution is -2.50. The molecule has 0 spiro atoms. The van der Waals surface area contributed by atoms with Gasteiger partial charge in [-0.25, -0.2) is 4.98 Å². The number of nitrogens with one attached hydrogen (secondary N) is 1. The Hall–Kier alpha value is -1.13. The molecule has 1 aliphatic rings. The molecule has 1 unspecified atom stereocenters. The van der Waals surface area contributed by atoms with Crippen LogP contribution < -0.4 is 10.2 Å². The van der Waals surface area contributed by atoms with Crippen LogP contribution in [0.2, 0.25) is 0 Å². The number of nitrogens with zero attached hydrogens (tertiary/aromatic N) is 3. The number of hydrogen-bond acceptors (Lipinski definition) is 4. The number of rotatable bonds is 7. The van der Waals surface area contributed by atoms with Crippen LogP contribution in [0.15, 0.2) is 24.4 Å². The lowest BCUT2D eigenvalue weighted by atomic mass is 10.1. The Balaban J connectivity index is 1.68. The SMILES string of the molecule is CC(C)CNCCC(C)N1CCN(c2ccccn2)CC1. The maximum absolute atomic E-state index is 4.45. The molecular formula is C17H30N4. The number of anilines is 1. The minimum atomic E-state index is 0.663. The van der Waals surface area contributed by atoms with Crippen LogP contribution in [-0.2, 0) is 0 Å². The number of pyridine rings is 1. The van der Waals surface area contributed by atoms with Crippen molar-refractivity contribution in [3.8, 4) is 0 Å². The lowest BCUT2D eigenvalue weighted by Gasteiger charge is -2.38. The molecule has 0 aromatic carbocycles. The van der Waals surface area contributed by atoms with Gasteiger partial charge in [0.05, 0.1) is 0 Å². The molecule has 4 heteroatoms. The van der Waals surface area contributed by atoms with Gasteiger partial charge in [0, 0.05) is 38.4 Å². The van der Waals surface area contributed by atoms with Crippen LogP contribution in [0.3, 0.4) is 0 Å². The third-order valence-electron chi connectivity index (χ3n) is 4.20. The minimum Gasteiger partial charge on any atom is -0.354 e. The van der Waals surface area contributed by atoms with E-state index in [9.17, 15) is 0 Å². The van der Waals surface area contributed by atoms with E-state index in [0.29, 0.717) is 6.04 Å². The molecule has 1 N–H and O–H groups in total. The van der Waals surface area contributed by atoms with E-state index in [1.54, 1.807) is 0 Å². The Morgan fingerprint density at radius 1 is 1.14 bits per heavy atom. The van der Waals surface area contributed by atoms with E-state index in [4.69, 9.17) is 0 Å². The topological polar surface area (TPSA) is 31.4 Å². The fourth-order valence-corrected chi connectivity index (χ4v) is 2.82. The van der Waals surface area contributed by atoms with E-state index < -0.39 is 0 Å². The molecule has 1 saturated heterocycles. The summed E-state index contributed by atoms with van der Waals surface area (Å²) in [6.45, 7) is 13.6. The van der Waals surface area contributed by atoms with E-state index >= 15 is 0 Å². The fraction of sp³-hybridized carbons (Fsp3) is 0.706. The van der Waals surface area contributed by atoms with Crippen molar-refractivity contribution in [1.82, 2.24) is 15.2 Å². The second-order valence-electron chi connectivity index (χ2n) is 6.45. The van der Waals surface area contributed by atoms with Crippen LogP contribution >= 0.6 is 0 Å². The highest BCUT2D eigenvalue weighted by atomic mass is 15.3. The van der Waals surface area contributed by atoms with Gasteiger partial charge >= 0.3 is 0 Å². The Morgan fingerprint density at radius 2 is 1.90 bits per heavy atom. The Morgan fingerprint density at radius 3 is 2.52 bits per heavy atom. The summed E-state index contributed by atoms with van der Waals surface area (Å²) in [6, 6.07) is 6.81. The van der Waals surface area contributed by atoms with Crippen molar-refractivity contribution in [2.24, 2.45) is 5.92 Å². The third kappa shape index (κ3) is 5.29. The van der Waals surface area contributed by atoms with E-state index in [-0.39, 0.29) is 0 Å². The fourth-order valence-electron chi connectivity index (χ4n) is 2.82. The van der Waals surface area contributed by atoms with Gasteiger partial charge in [-0.05, 0) is 44.5 Å². The van der Waals surface area contributed by atoms with Crippen molar-refractivity contribution < 1.29 is 0 Å². The number of aromatic nitrogens is 1. The van der Waals surface area contributed by atoms with Gasteiger partial charge in [0.1, 0.15) is 5.82 Å².